The van der Waals surface area contributed by atoms with Gasteiger partial charge in [0, 0.05) is 35.7 Å². The van der Waals surface area contributed by atoms with E-state index in [1.165, 1.54) is 21.7 Å². The van der Waals surface area contributed by atoms with Crippen LogP contribution in [0, 0.1) is 5.92 Å². The average Bonchev–Trinajstić information content (AvgIpc) is 2.73. The van der Waals surface area contributed by atoms with Gasteiger partial charge in [0.2, 0.25) is 0 Å². The molecule has 0 radical (unpaired) electrons. The van der Waals surface area contributed by atoms with Crippen LogP contribution in [0.15, 0.2) is 64.8 Å². The van der Waals surface area contributed by atoms with Crippen molar-refractivity contribution in [1.29, 1.82) is 0 Å². The lowest BCUT2D eigenvalue weighted by atomic mass is 9.81. The second kappa shape index (κ2) is 7.02. The van der Waals surface area contributed by atoms with Gasteiger partial charge in [0.05, 0.1) is 13.2 Å². The van der Waals surface area contributed by atoms with Crippen molar-refractivity contribution in [3.8, 4) is 5.75 Å². The highest BCUT2D eigenvalue weighted by atomic mass is 32.2. The number of benzene rings is 2. The SMILES string of the molecule is COc1ccc2c(c1)C[C@@H]1CN(C)c3ncnc(Sc4ccccc4)c3[C@@H]1N2. The van der Waals surface area contributed by atoms with Crippen molar-refractivity contribution in [2.75, 3.05) is 30.9 Å². The van der Waals surface area contributed by atoms with Crippen molar-refractivity contribution in [3.05, 3.63) is 66.0 Å². The Morgan fingerprint density at radius 2 is 2.00 bits per heavy atom. The van der Waals surface area contributed by atoms with E-state index in [1.54, 1.807) is 25.2 Å². The zero-order valence-corrected chi connectivity index (χ0v) is 16.7. The molecule has 0 fully saturated rings. The standard InChI is InChI=1S/C22H22N4OS/c1-26-12-15-10-14-11-16(27-2)8-9-18(14)25-20(15)19-21(26)23-13-24-22(19)28-17-6-4-3-5-7-17/h3-9,11,13,15,20,25H,10,12H2,1-2H3/t15-,20-/m1/s1. The van der Waals surface area contributed by atoms with Crippen molar-refractivity contribution in [3.63, 3.8) is 0 Å². The molecule has 0 unspecified atom stereocenters. The second-order valence-electron chi connectivity index (χ2n) is 7.32. The van der Waals surface area contributed by atoms with Crippen LogP contribution in [-0.2, 0) is 6.42 Å². The fourth-order valence-electron chi connectivity index (χ4n) is 4.24. The summed E-state index contributed by atoms with van der Waals surface area (Å²) in [6.07, 6.45) is 2.70. The molecule has 0 spiro atoms. The van der Waals surface area contributed by atoms with E-state index in [0.29, 0.717) is 5.92 Å². The van der Waals surface area contributed by atoms with E-state index in [2.05, 4.69) is 63.6 Å². The average molecular weight is 391 g/mol. The lowest BCUT2D eigenvalue weighted by Crippen LogP contribution is -2.42. The van der Waals surface area contributed by atoms with E-state index in [9.17, 15) is 0 Å². The van der Waals surface area contributed by atoms with Crippen LogP contribution < -0.4 is 15.0 Å². The molecule has 2 atom stereocenters. The third kappa shape index (κ3) is 2.98. The van der Waals surface area contributed by atoms with Gasteiger partial charge in [0.25, 0.3) is 0 Å². The molecule has 2 aliphatic heterocycles. The monoisotopic (exact) mass is 390 g/mol. The van der Waals surface area contributed by atoms with Crippen molar-refractivity contribution in [2.45, 2.75) is 22.4 Å². The van der Waals surface area contributed by atoms with Gasteiger partial charge < -0.3 is 15.0 Å². The first-order valence-electron chi connectivity index (χ1n) is 9.45. The fraction of sp³-hybridized carbons (Fsp3) is 0.273. The second-order valence-corrected chi connectivity index (χ2v) is 8.38. The number of aromatic nitrogens is 2. The number of anilines is 2. The van der Waals surface area contributed by atoms with E-state index in [4.69, 9.17) is 4.74 Å². The summed E-state index contributed by atoms with van der Waals surface area (Å²) in [5, 5.41) is 4.81. The first kappa shape index (κ1) is 17.4. The molecule has 3 aromatic rings. The van der Waals surface area contributed by atoms with E-state index in [-0.39, 0.29) is 6.04 Å². The third-order valence-electron chi connectivity index (χ3n) is 5.54. The molecule has 142 valence electrons. The first-order valence-corrected chi connectivity index (χ1v) is 10.3. The molecular weight excluding hydrogens is 368 g/mol. The van der Waals surface area contributed by atoms with Crippen LogP contribution in [0.1, 0.15) is 17.2 Å². The summed E-state index contributed by atoms with van der Waals surface area (Å²) < 4.78 is 5.42. The predicted molar refractivity (Wildman–Crippen MR) is 112 cm³/mol. The molecule has 0 saturated carbocycles. The highest BCUT2D eigenvalue weighted by Crippen LogP contribution is 2.47. The smallest absolute Gasteiger partial charge is 0.138 e. The molecule has 1 aromatic heterocycles. The predicted octanol–water partition coefficient (Wildman–Crippen LogP) is 4.41. The maximum Gasteiger partial charge on any atom is 0.138 e. The van der Waals surface area contributed by atoms with Gasteiger partial charge in [-0.3, -0.25) is 0 Å². The van der Waals surface area contributed by atoms with Crippen molar-refractivity contribution >= 4 is 23.3 Å². The van der Waals surface area contributed by atoms with Crippen LogP contribution in [0.4, 0.5) is 11.5 Å². The molecule has 6 heteroatoms. The van der Waals surface area contributed by atoms with Crippen molar-refractivity contribution < 1.29 is 4.74 Å². The number of rotatable bonds is 3. The van der Waals surface area contributed by atoms with Crippen molar-refractivity contribution in [2.24, 2.45) is 5.92 Å². The van der Waals surface area contributed by atoms with Gasteiger partial charge in [-0.25, -0.2) is 9.97 Å². The number of hydrogen-bond donors (Lipinski definition) is 1. The van der Waals surface area contributed by atoms with Gasteiger partial charge in [-0.2, -0.15) is 0 Å². The van der Waals surface area contributed by atoms with E-state index < -0.39 is 0 Å². The summed E-state index contributed by atoms with van der Waals surface area (Å²) in [5.41, 5.74) is 3.69. The number of methoxy groups -OCH3 is 1. The highest BCUT2D eigenvalue weighted by molar-refractivity contribution is 7.99. The Hall–Kier alpha value is -2.73. The van der Waals surface area contributed by atoms with Gasteiger partial charge in [-0.1, -0.05) is 30.0 Å². The van der Waals surface area contributed by atoms with Crippen LogP contribution in [0.25, 0.3) is 0 Å². The zero-order valence-electron chi connectivity index (χ0n) is 15.9. The summed E-state index contributed by atoms with van der Waals surface area (Å²) >= 11 is 1.71. The molecule has 0 saturated heterocycles. The van der Waals surface area contributed by atoms with Crippen LogP contribution in [0.3, 0.4) is 0 Å². The Morgan fingerprint density at radius 1 is 1.14 bits per heavy atom. The normalized spacial score (nSPS) is 19.9. The van der Waals surface area contributed by atoms with E-state index >= 15 is 0 Å². The van der Waals surface area contributed by atoms with Gasteiger partial charge in [0.15, 0.2) is 0 Å². The van der Waals surface area contributed by atoms with Crippen LogP contribution >= 0.6 is 11.8 Å². The number of fused-ring (bicyclic) bond motifs is 4. The maximum absolute atomic E-state index is 5.42. The number of nitrogens with one attached hydrogen (secondary N) is 1. The molecule has 3 heterocycles. The van der Waals surface area contributed by atoms with Crippen LogP contribution in [-0.4, -0.2) is 30.7 Å². The van der Waals surface area contributed by atoms with Gasteiger partial charge in [-0.05, 0) is 42.3 Å². The highest BCUT2D eigenvalue weighted by Gasteiger charge is 2.39. The molecule has 1 N–H and O–H groups in total. The molecule has 5 nitrogen and oxygen atoms in total. The van der Waals surface area contributed by atoms with Gasteiger partial charge in [-0.15, -0.1) is 0 Å². The minimum absolute atomic E-state index is 0.208. The molecule has 2 aromatic carbocycles. The van der Waals surface area contributed by atoms with Crippen LogP contribution in [0.2, 0.25) is 0 Å². The molecule has 0 aliphatic carbocycles. The van der Waals surface area contributed by atoms with Gasteiger partial charge in [0.1, 0.15) is 22.9 Å². The van der Waals surface area contributed by atoms with E-state index in [1.807, 2.05) is 12.1 Å². The first-order chi connectivity index (χ1) is 13.7. The van der Waals surface area contributed by atoms with Crippen LogP contribution in [0.5, 0.6) is 5.75 Å². The van der Waals surface area contributed by atoms with E-state index in [0.717, 1.165) is 29.6 Å². The Balaban J connectivity index is 1.56. The lowest BCUT2D eigenvalue weighted by Gasteiger charge is -2.43. The minimum atomic E-state index is 0.208. The summed E-state index contributed by atoms with van der Waals surface area (Å²) in [4.78, 5) is 12.7. The molecule has 5 rings (SSSR count). The largest absolute Gasteiger partial charge is 0.497 e. The number of ether oxygens (including phenoxy) is 1. The number of hydrogen-bond acceptors (Lipinski definition) is 6. The minimum Gasteiger partial charge on any atom is -0.497 e. The molecular formula is C22H22N4OS. The summed E-state index contributed by atoms with van der Waals surface area (Å²) in [5.74, 6) is 2.39. The Kier molecular flexibility index (Phi) is 4.36. The van der Waals surface area contributed by atoms with Crippen molar-refractivity contribution in [1.82, 2.24) is 9.97 Å². The van der Waals surface area contributed by atoms with Gasteiger partial charge >= 0.3 is 0 Å². The number of nitrogens with zero attached hydrogens (tertiary/aromatic N) is 3. The molecule has 0 amide bonds. The fourth-order valence-corrected chi connectivity index (χ4v) is 5.18. The molecule has 28 heavy (non-hydrogen) atoms. The quantitative estimate of drug-likeness (QED) is 0.669. The topological polar surface area (TPSA) is 50.3 Å². The summed E-state index contributed by atoms with van der Waals surface area (Å²) in [6.45, 7) is 0.966. The molecule has 2 aliphatic rings. The zero-order chi connectivity index (χ0) is 19.1. The maximum atomic E-state index is 5.42. The summed E-state index contributed by atoms with van der Waals surface area (Å²) in [7, 11) is 3.84. The Morgan fingerprint density at radius 3 is 2.82 bits per heavy atom. The molecule has 0 bridgehead atoms. The Bertz CT molecular complexity index is 1010. The summed E-state index contributed by atoms with van der Waals surface area (Å²) in [6, 6.07) is 16.9. The third-order valence-corrected chi connectivity index (χ3v) is 6.57. The lowest BCUT2D eigenvalue weighted by molar-refractivity contribution is 0.402. The Labute approximate surface area is 169 Å².